The summed E-state index contributed by atoms with van der Waals surface area (Å²) in [4.78, 5) is 16.3. The van der Waals surface area contributed by atoms with Gasteiger partial charge in [-0.3, -0.25) is 9.78 Å². The molecule has 0 saturated carbocycles. The number of anilines is 3. The van der Waals surface area contributed by atoms with E-state index >= 15 is 0 Å². The van der Waals surface area contributed by atoms with Crippen molar-refractivity contribution in [2.45, 2.75) is 6.18 Å². The predicted octanol–water partition coefficient (Wildman–Crippen LogP) is 5.75. The Bertz CT molecular complexity index is 962. The van der Waals surface area contributed by atoms with Gasteiger partial charge >= 0.3 is 6.18 Å². The molecular weight excluding hydrogens is 379 g/mol. The van der Waals surface area contributed by atoms with Crippen LogP contribution in [0.4, 0.5) is 30.2 Å². The Balaban J connectivity index is 1.79. The van der Waals surface area contributed by atoms with Crippen LogP contribution in [0.2, 0.25) is 5.02 Å². The van der Waals surface area contributed by atoms with E-state index in [1.54, 1.807) is 24.3 Å². The van der Waals surface area contributed by atoms with Crippen molar-refractivity contribution in [2.75, 3.05) is 10.6 Å². The van der Waals surface area contributed by atoms with Crippen molar-refractivity contribution in [2.24, 2.45) is 0 Å². The van der Waals surface area contributed by atoms with Gasteiger partial charge in [0.2, 0.25) is 0 Å². The van der Waals surface area contributed by atoms with Gasteiger partial charge < -0.3 is 10.6 Å². The molecule has 0 fully saturated rings. The van der Waals surface area contributed by atoms with Gasteiger partial charge in [-0.15, -0.1) is 0 Å². The first-order chi connectivity index (χ1) is 12.8. The minimum Gasteiger partial charge on any atom is -0.354 e. The summed E-state index contributed by atoms with van der Waals surface area (Å²) < 4.78 is 38.9. The molecule has 0 saturated heterocycles. The number of rotatable bonds is 4. The molecule has 1 amide bonds. The molecule has 0 unspecified atom stereocenters. The average Bonchev–Trinajstić information content (AvgIpc) is 2.63. The van der Waals surface area contributed by atoms with Gasteiger partial charge in [0.05, 0.1) is 28.0 Å². The molecule has 0 aliphatic carbocycles. The third-order valence-electron chi connectivity index (χ3n) is 3.59. The summed E-state index contributed by atoms with van der Waals surface area (Å²) >= 11 is 5.61. The second-order valence-corrected chi connectivity index (χ2v) is 6.01. The highest BCUT2D eigenvalue weighted by atomic mass is 35.5. The number of benzene rings is 2. The van der Waals surface area contributed by atoms with Crippen LogP contribution in [0.5, 0.6) is 0 Å². The minimum atomic E-state index is -4.57. The van der Waals surface area contributed by atoms with E-state index in [9.17, 15) is 18.0 Å². The van der Waals surface area contributed by atoms with Crippen molar-refractivity contribution in [3.63, 3.8) is 0 Å². The number of carbonyl (C=O) groups excluding carboxylic acids is 1. The zero-order valence-corrected chi connectivity index (χ0v) is 14.5. The van der Waals surface area contributed by atoms with Crippen LogP contribution in [0.3, 0.4) is 0 Å². The van der Waals surface area contributed by atoms with Crippen molar-refractivity contribution >= 4 is 34.6 Å². The first kappa shape index (κ1) is 18.7. The second-order valence-electron chi connectivity index (χ2n) is 5.60. The van der Waals surface area contributed by atoms with Gasteiger partial charge in [0.15, 0.2) is 0 Å². The maximum Gasteiger partial charge on any atom is 0.417 e. The molecule has 0 aliphatic rings. The Kier molecular flexibility index (Phi) is 5.32. The van der Waals surface area contributed by atoms with Gasteiger partial charge in [0.1, 0.15) is 0 Å². The molecule has 0 radical (unpaired) electrons. The Labute approximate surface area is 158 Å². The first-order valence-corrected chi connectivity index (χ1v) is 8.16. The smallest absolute Gasteiger partial charge is 0.354 e. The van der Waals surface area contributed by atoms with Crippen LogP contribution in [0.1, 0.15) is 15.9 Å². The van der Waals surface area contributed by atoms with Crippen LogP contribution < -0.4 is 10.6 Å². The summed E-state index contributed by atoms with van der Waals surface area (Å²) in [6, 6.07) is 13.8. The molecule has 0 bridgehead atoms. The van der Waals surface area contributed by atoms with Crippen LogP contribution in [0.25, 0.3) is 0 Å². The number of amides is 1. The van der Waals surface area contributed by atoms with Crippen LogP contribution >= 0.6 is 11.6 Å². The van der Waals surface area contributed by atoms with E-state index in [2.05, 4.69) is 15.6 Å². The molecule has 138 valence electrons. The molecule has 2 N–H and O–H groups in total. The lowest BCUT2D eigenvalue weighted by molar-refractivity contribution is -0.137. The fourth-order valence-corrected chi connectivity index (χ4v) is 2.57. The van der Waals surface area contributed by atoms with E-state index in [-0.39, 0.29) is 22.2 Å². The summed E-state index contributed by atoms with van der Waals surface area (Å²) in [5.74, 6) is -0.385. The highest BCUT2D eigenvalue weighted by Gasteiger charge is 2.33. The van der Waals surface area contributed by atoms with Crippen molar-refractivity contribution in [1.82, 2.24) is 4.98 Å². The van der Waals surface area contributed by atoms with Gasteiger partial charge in [-0.05, 0) is 36.4 Å². The Morgan fingerprint density at radius 2 is 1.67 bits per heavy atom. The van der Waals surface area contributed by atoms with Crippen molar-refractivity contribution in [1.29, 1.82) is 0 Å². The molecule has 3 rings (SSSR count). The van der Waals surface area contributed by atoms with Crippen LogP contribution in [0, 0.1) is 0 Å². The molecule has 1 heterocycles. The number of alkyl halides is 3. The lowest BCUT2D eigenvalue weighted by Gasteiger charge is -2.13. The molecule has 27 heavy (non-hydrogen) atoms. The predicted molar refractivity (Wildman–Crippen MR) is 98.4 cm³/mol. The molecule has 0 atom stereocenters. The topological polar surface area (TPSA) is 54.0 Å². The summed E-state index contributed by atoms with van der Waals surface area (Å²) in [7, 11) is 0. The number of halogens is 4. The number of nitrogens with zero attached hydrogens (tertiary/aromatic N) is 1. The van der Waals surface area contributed by atoms with Gasteiger partial charge in [0.25, 0.3) is 5.91 Å². The maximum absolute atomic E-state index is 13.0. The maximum atomic E-state index is 13.0. The molecule has 3 aromatic rings. The number of hydrogen-bond acceptors (Lipinski definition) is 3. The number of pyridine rings is 1. The van der Waals surface area contributed by atoms with Gasteiger partial charge in [-0.1, -0.05) is 29.8 Å². The SMILES string of the molecule is O=C(Nc1ccccc1)c1cncc(Nc2ccc(Cl)c(C(F)(F)F)c2)c1. The molecular formula is C19H13ClF3N3O. The number of aromatic nitrogens is 1. The molecule has 0 aliphatic heterocycles. The zero-order chi connectivity index (χ0) is 19.4. The summed E-state index contributed by atoms with van der Waals surface area (Å²) in [5.41, 5.74) is 0.475. The van der Waals surface area contributed by atoms with Crippen molar-refractivity contribution < 1.29 is 18.0 Å². The Morgan fingerprint density at radius 1 is 0.926 bits per heavy atom. The zero-order valence-electron chi connectivity index (χ0n) is 13.7. The van der Waals surface area contributed by atoms with Gasteiger partial charge in [-0.2, -0.15) is 13.2 Å². The molecule has 1 aromatic heterocycles. The van der Waals surface area contributed by atoms with E-state index in [0.717, 1.165) is 12.1 Å². The lowest BCUT2D eigenvalue weighted by atomic mass is 10.2. The highest BCUT2D eigenvalue weighted by Crippen LogP contribution is 2.36. The average molecular weight is 392 g/mol. The molecule has 8 heteroatoms. The van der Waals surface area contributed by atoms with Crippen molar-refractivity contribution in [3.8, 4) is 0 Å². The van der Waals surface area contributed by atoms with E-state index in [4.69, 9.17) is 11.6 Å². The molecule has 4 nitrogen and oxygen atoms in total. The normalized spacial score (nSPS) is 11.1. The summed E-state index contributed by atoms with van der Waals surface area (Å²) in [6.45, 7) is 0. The van der Waals surface area contributed by atoms with E-state index in [1.165, 1.54) is 24.5 Å². The fraction of sp³-hybridized carbons (Fsp3) is 0.0526. The van der Waals surface area contributed by atoms with Crippen molar-refractivity contribution in [3.05, 3.63) is 83.1 Å². The minimum absolute atomic E-state index is 0.175. The monoisotopic (exact) mass is 391 g/mol. The number of para-hydroxylation sites is 1. The summed E-state index contributed by atoms with van der Waals surface area (Å²) in [5, 5.41) is 5.13. The standard InChI is InChI=1S/C19H13ClF3N3O/c20-17-7-6-14(9-16(17)19(21,22)23)25-15-8-12(10-24-11-15)18(27)26-13-4-2-1-3-5-13/h1-11,25H,(H,26,27). The van der Waals surface area contributed by atoms with Gasteiger partial charge in [0, 0.05) is 17.6 Å². The van der Waals surface area contributed by atoms with E-state index in [0.29, 0.717) is 11.4 Å². The Morgan fingerprint density at radius 3 is 2.37 bits per heavy atom. The number of nitrogens with one attached hydrogen (secondary N) is 2. The summed E-state index contributed by atoms with van der Waals surface area (Å²) in [6.07, 6.45) is -1.79. The lowest BCUT2D eigenvalue weighted by Crippen LogP contribution is -2.12. The number of hydrogen-bond donors (Lipinski definition) is 2. The van der Waals surface area contributed by atoms with Crippen LogP contribution in [0.15, 0.2) is 67.0 Å². The fourth-order valence-electron chi connectivity index (χ4n) is 2.34. The first-order valence-electron chi connectivity index (χ1n) is 7.78. The highest BCUT2D eigenvalue weighted by molar-refractivity contribution is 6.31. The number of carbonyl (C=O) groups is 1. The van der Waals surface area contributed by atoms with Crippen LogP contribution in [-0.2, 0) is 6.18 Å². The van der Waals surface area contributed by atoms with E-state index < -0.39 is 11.7 Å². The largest absolute Gasteiger partial charge is 0.417 e. The molecule has 2 aromatic carbocycles. The van der Waals surface area contributed by atoms with E-state index in [1.807, 2.05) is 6.07 Å². The van der Waals surface area contributed by atoms with Crippen LogP contribution in [-0.4, -0.2) is 10.9 Å². The van der Waals surface area contributed by atoms with Gasteiger partial charge in [-0.25, -0.2) is 0 Å². The third-order valence-corrected chi connectivity index (χ3v) is 3.92. The third kappa shape index (κ3) is 4.77. The molecule has 0 spiro atoms. The Hall–Kier alpha value is -3.06. The second kappa shape index (κ2) is 7.67. The quantitative estimate of drug-likeness (QED) is 0.595.